The van der Waals surface area contributed by atoms with Gasteiger partial charge >= 0.3 is 0 Å². The van der Waals surface area contributed by atoms with E-state index in [1.807, 2.05) is 6.07 Å². The number of hydrogen-bond donors (Lipinski definition) is 2. The van der Waals surface area contributed by atoms with Crippen LogP contribution in [0.25, 0.3) is 5.57 Å². The van der Waals surface area contributed by atoms with Gasteiger partial charge in [-0.25, -0.2) is 0 Å². The molecule has 0 saturated carbocycles. The van der Waals surface area contributed by atoms with Gasteiger partial charge in [-0.05, 0) is 5.56 Å². The minimum atomic E-state index is -0.635. The zero-order chi connectivity index (χ0) is 10.6. The number of primary amides is 1. The van der Waals surface area contributed by atoms with Gasteiger partial charge in [0.1, 0.15) is 0 Å². The van der Waals surface area contributed by atoms with Crippen LogP contribution in [-0.4, -0.2) is 12.1 Å². The minimum absolute atomic E-state index is 0.0451. The molecule has 0 heterocycles. The van der Waals surface area contributed by atoms with Gasteiger partial charge in [0.25, 0.3) is 5.91 Å². The van der Waals surface area contributed by atoms with E-state index in [1.54, 1.807) is 24.3 Å². The molecule has 0 aromatic heterocycles. The fraction of sp³-hybridized carbons (Fsp3) is 0. The molecular weight excluding hydrogens is 200 g/mol. The summed E-state index contributed by atoms with van der Waals surface area (Å²) in [6.07, 6.45) is 0.897. The predicted molar refractivity (Wildman–Crippen MR) is 57.2 cm³/mol. The average molecular weight is 209 g/mol. The Morgan fingerprint density at radius 3 is 2.36 bits per heavy atom. The molecule has 0 atom stereocenters. The molecule has 1 aromatic rings. The lowest BCUT2D eigenvalue weighted by Crippen LogP contribution is -2.14. The predicted octanol–water partition coefficient (Wildman–Crippen LogP) is 1.77. The molecule has 3 nitrogen and oxygen atoms in total. The van der Waals surface area contributed by atoms with E-state index in [2.05, 4.69) is 0 Å². The molecule has 0 aliphatic heterocycles. The highest BCUT2D eigenvalue weighted by molar-refractivity contribution is 6.47. The summed E-state index contributed by atoms with van der Waals surface area (Å²) in [5.74, 6) is -0.635. The van der Waals surface area contributed by atoms with E-state index in [0.717, 1.165) is 6.21 Å². The number of carbonyl (C=O) groups is 1. The van der Waals surface area contributed by atoms with E-state index < -0.39 is 5.91 Å². The molecular formula is C10H9ClN2O. The van der Waals surface area contributed by atoms with Crippen molar-refractivity contribution in [2.24, 2.45) is 5.73 Å². The van der Waals surface area contributed by atoms with Crippen molar-refractivity contribution in [2.45, 2.75) is 0 Å². The van der Waals surface area contributed by atoms with Crippen molar-refractivity contribution in [1.29, 1.82) is 5.41 Å². The number of amides is 1. The number of halogens is 1. The highest BCUT2D eigenvalue weighted by atomic mass is 35.5. The zero-order valence-corrected chi connectivity index (χ0v) is 8.08. The smallest absolute Gasteiger partial charge is 0.250 e. The third kappa shape index (κ3) is 2.20. The average Bonchev–Trinajstić information content (AvgIpc) is 2.19. The van der Waals surface area contributed by atoms with Crippen LogP contribution in [0.3, 0.4) is 0 Å². The van der Waals surface area contributed by atoms with Crippen LogP contribution in [0.4, 0.5) is 0 Å². The van der Waals surface area contributed by atoms with Gasteiger partial charge in [-0.1, -0.05) is 41.9 Å². The number of nitrogens with one attached hydrogen (secondary N) is 1. The molecule has 4 heteroatoms. The van der Waals surface area contributed by atoms with Gasteiger partial charge in [0.15, 0.2) is 0 Å². The van der Waals surface area contributed by atoms with Gasteiger partial charge in [0.05, 0.1) is 10.6 Å². The SMILES string of the molecule is N=C/C(Cl)=C(\C(N)=O)c1ccccc1. The van der Waals surface area contributed by atoms with E-state index in [4.69, 9.17) is 22.7 Å². The summed E-state index contributed by atoms with van der Waals surface area (Å²) >= 11 is 5.70. The lowest BCUT2D eigenvalue weighted by molar-refractivity contribution is -0.112. The first-order chi connectivity index (χ1) is 6.66. The van der Waals surface area contributed by atoms with Gasteiger partial charge in [0.2, 0.25) is 0 Å². The summed E-state index contributed by atoms with van der Waals surface area (Å²) in [5.41, 5.74) is 5.95. The quantitative estimate of drug-likeness (QED) is 0.577. The van der Waals surface area contributed by atoms with E-state index >= 15 is 0 Å². The van der Waals surface area contributed by atoms with Gasteiger partial charge in [-0.15, -0.1) is 0 Å². The summed E-state index contributed by atoms with van der Waals surface area (Å²) in [6.45, 7) is 0. The number of carbonyl (C=O) groups excluding carboxylic acids is 1. The fourth-order valence-corrected chi connectivity index (χ4v) is 1.28. The molecule has 72 valence electrons. The summed E-state index contributed by atoms with van der Waals surface area (Å²) in [4.78, 5) is 11.1. The van der Waals surface area contributed by atoms with Crippen LogP contribution >= 0.6 is 11.6 Å². The molecule has 0 aliphatic carbocycles. The Balaban J connectivity index is 3.28. The Labute approximate surface area is 86.7 Å². The third-order valence-corrected chi connectivity index (χ3v) is 1.97. The summed E-state index contributed by atoms with van der Waals surface area (Å²) in [7, 11) is 0. The second-order valence-corrected chi connectivity index (χ2v) is 3.00. The molecule has 3 N–H and O–H groups in total. The van der Waals surface area contributed by atoms with Gasteiger partial charge in [0, 0.05) is 6.21 Å². The Morgan fingerprint density at radius 2 is 1.93 bits per heavy atom. The van der Waals surface area contributed by atoms with Crippen LogP contribution in [-0.2, 0) is 4.79 Å². The van der Waals surface area contributed by atoms with Crippen molar-refractivity contribution in [3.8, 4) is 0 Å². The van der Waals surface area contributed by atoms with Crippen molar-refractivity contribution in [2.75, 3.05) is 0 Å². The second-order valence-electron chi connectivity index (χ2n) is 2.60. The Kier molecular flexibility index (Phi) is 3.42. The molecule has 14 heavy (non-hydrogen) atoms. The van der Waals surface area contributed by atoms with E-state index in [0.29, 0.717) is 5.56 Å². The second kappa shape index (κ2) is 4.58. The van der Waals surface area contributed by atoms with Crippen LogP contribution in [0.1, 0.15) is 5.56 Å². The number of rotatable bonds is 3. The first-order valence-corrected chi connectivity index (χ1v) is 4.30. The van der Waals surface area contributed by atoms with Crippen molar-refractivity contribution in [1.82, 2.24) is 0 Å². The maximum atomic E-state index is 11.1. The zero-order valence-electron chi connectivity index (χ0n) is 7.33. The van der Waals surface area contributed by atoms with Crippen molar-refractivity contribution in [3.63, 3.8) is 0 Å². The van der Waals surface area contributed by atoms with Crippen molar-refractivity contribution >= 4 is 29.3 Å². The Bertz CT molecular complexity index is 384. The maximum Gasteiger partial charge on any atom is 0.250 e. The first-order valence-electron chi connectivity index (χ1n) is 3.92. The van der Waals surface area contributed by atoms with Crippen molar-refractivity contribution in [3.05, 3.63) is 40.9 Å². The van der Waals surface area contributed by atoms with Crippen LogP contribution in [0.5, 0.6) is 0 Å². The molecule has 1 rings (SSSR count). The van der Waals surface area contributed by atoms with Gasteiger partial charge in [-0.2, -0.15) is 0 Å². The highest BCUT2D eigenvalue weighted by Gasteiger charge is 2.11. The highest BCUT2D eigenvalue weighted by Crippen LogP contribution is 2.19. The topological polar surface area (TPSA) is 66.9 Å². The monoisotopic (exact) mass is 208 g/mol. The Morgan fingerprint density at radius 1 is 1.36 bits per heavy atom. The number of benzene rings is 1. The normalized spacial score (nSPS) is 11.8. The number of hydrogen-bond acceptors (Lipinski definition) is 2. The van der Waals surface area contributed by atoms with Crippen LogP contribution in [0.2, 0.25) is 0 Å². The fourth-order valence-electron chi connectivity index (χ4n) is 1.07. The lowest BCUT2D eigenvalue weighted by atomic mass is 10.1. The van der Waals surface area contributed by atoms with E-state index in [1.165, 1.54) is 0 Å². The Hall–Kier alpha value is -1.61. The van der Waals surface area contributed by atoms with E-state index in [9.17, 15) is 4.79 Å². The summed E-state index contributed by atoms with van der Waals surface area (Å²) < 4.78 is 0. The van der Waals surface area contributed by atoms with Crippen molar-refractivity contribution < 1.29 is 4.79 Å². The largest absolute Gasteiger partial charge is 0.366 e. The third-order valence-electron chi connectivity index (χ3n) is 1.67. The standard InChI is InChI=1S/C10H9ClN2O/c11-8(6-12)9(10(13)14)7-4-2-1-3-5-7/h1-6,12H,(H2,13,14)/b9-8+,12-6?. The summed E-state index contributed by atoms with van der Waals surface area (Å²) in [6, 6.07) is 8.79. The molecule has 1 amide bonds. The molecule has 0 saturated heterocycles. The molecule has 0 radical (unpaired) electrons. The molecule has 0 aliphatic rings. The van der Waals surface area contributed by atoms with Crippen LogP contribution in [0.15, 0.2) is 35.4 Å². The molecule has 0 fully saturated rings. The molecule has 0 unspecified atom stereocenters. The van der Waals surface area contributed by atoms with Crippen LogP contribution < -0.4 is 5.73 Å². The number of allylic oxidation sites excluding steroid dienone is 1. The molecule has 0 spiro atoms. The van der Waals surface area contributed by atoms with Crippen LogP contribution in [0, 0.1) is 5.41 Å². The van der Waals surface area contributed by atoms with Gasteiger partial charge < -0.3 is 11.1 Å². The molecule has 0 bridgehead atoms. The van der Waals surface area contributed by atoms with E-state index in [-0.39, 0.29) is 10.6 Å². The summed E-state index contributed by atoms with van der Waals surface area (Å²) in [5, 5.41) is 7.00. The number of nitrogens with two attached hydrogens (primary N) is 1. The maximum absolute atomic E-state index is 11.1. The van der Waals surface area contributed by atoms with Gasteiger partial charge in [-0.3, -0.25) is 4.79 Å². The molecule has 1 aromatic carbocycles. The first kappa shape index (κ1) is 10.5. The minimum Gasteiger partial charge on any atom is -0.366 e. The lowest BCUT2D eigenvalue weighted by Gasteiger charge is -2.03.